The first-order valence-corrected chi connectivity index (χ1v) is 9.97. The molecule has 0 bridgehead atoms. The third kappa shape index (κ3) is 2.54. The molecule has 0 amide bonds. The Balaban J connectivity index is 0.00000205. The second kappa shape index (κ2) is 6.55. The van der Waals surface area contributed by atoms with Crippen LogP contribution in [0, 0.1) is 11.8 Å². The van der Waals surface area contributed by atoms with Crippen molar-refractivity contribution >= 4 is 16.9 Å². The number of piperidine rings is 1. The zero-order valence-corrected chi connectivity index (χ0v) is 16.5. The van der Waals surface area contributed by atoms with E-state index in [2.05, 4.69) is 28.9 Å². The highest BCUT2D eigenvalue weighted by molar-refractivity contribution is 5.89. The number of hydrogen-bond donors (Lipinski definition) is 1. The number of carbonyl (C=O) groups excluding carboxylic acids is 1. The van der Waals surface area contributed by atoms with E-state index >= 15 is 0 Å². The molecule has 0 radical (unpaired) electrons. The van der Waals surface area contributed by atoms with Crippen molar-refractivity contribution in [2.24, 2.45) is 11.8 Å². The van der Waals surface area contributed by atoms with Crippen LogP contribution in [0.1, 0.15) is 32.1 Å². The minimum atomic E-state index is -0.271. The maximum absolute atomic E-state index is 12.3. The predicted octanol–water partition coefficient (Wildman–Crippen LogP) is 3.43. The van der Waals surface area contributed by atoms with Gasteiger partial charge in [0.15, 0.2) is 0 Å². The Kier molecular flexibility index (Phi) is 4.12. The average molecular weight is 384 g/mol. The molecule has 3 aliphatic heterocycles. The first kappa shape index (κ1) is 17.6. The van der Waals surface area contributed by atoms with Crippen LogP contribution in [0.15, 0.2) is 30.0 Å². The summed E-state index contributed by atoms with van der Waals surface area (Å²) in [5, 5.41) is 1.28. The number of methoxy groups -OCH3 is 2. The molecule has 2 aromatic rings. The van der Waals surface area contributed by atoms with Gasteiger partial charge in [-0.05, 0) is 37.5 Å². The van der Waals surface area contributed by atoms with Crippen molar-refractivity contribution in [3.05, 3.63) is 41.3 Å². The Morgan fingerprint density at radius 1 is 1.36 bits per heavy atom. The fraction of sp³-hybridized carbons (Fsp3) is 0.500. The summed E-state index contributed by atoms with van der Waals surface area (Å²) >= 11 is 0. The summed E-state index contributed by atoms with van der Waals surface area (Å²) in [6, 6.07) is 6.53. The normalized spacial score (nSPS) is 29.2. The molecule has 1 aromatic carbocycles. The maximum Gasteiger partial charge on any atom is 0.337 e. The van der Waals surface area contributed by atoms with Crippen molar-refractivity contribution in [3.63, 3.8) is 0 Å². The van der Waals surface area contributed by atoms with Gasteiger partial charge in [0, 0.05) is 49.0 Å². The minimum Gasteiger partial charge on any atom is -0.497 e. The molecule has 6 heteroatoms. The van der Waals surface area contributed by atoms with Gasteiger partial charge >= 0.3 is 5.97 Å². The van der Waals surface area contributed by atoms with Crippen molar-refractivity contribution < 1.29 is 20.4 Å². The van der Waals surface area contributed by atoms with Crippen LogP contribution in [0.25, 0.3) is 10.9 Å². The fourth-order valence-corrected chi connectivity index (χ4v) is 5.35. The Labute approximate surface area is 165 Å². The van der Waals surface area contributed by atoms with E-state index in [1.165, 1.54) is 23.8 Å². The summed E-state index contributed by atoms with van der Waals surface area (Å²) < 4.78 is 16.2. The zero-order valence-electron chi connectivity index (χ0n) is 16.5. The molecule has 150 valence electrons. The summed E-state index contributed by atoms with van der Waals surface area (Å²) in [6.07, 6.45) is 3.67. The molecule has 1 N–H and O–H groups in total. The molecule has 1 unspecified atom stereocenters. The lowest BCUT2D eigenvalue weighted by atomic mass is 9.72. The van der Waals surface area contributed by atoms with E-state index in [0.29, 0.717) is 11.5 Å². The monoisotopic (exact) mass is 384 g/mol. The average Bonchev–Trinajstić information content (AvgIpc) is 3.10. The molecular formula is C22H28N2O4. The number of nitrogens with one attached hydrogen (secondary N) is 1. The highest BCUT2D eigenvalue weighted by Gasteiger charge is 2.46. The van der Waals surface area contributed by atoms with E-state index in [9.17, 15) is 4.79 Å². The first-order valence-electron chi connectivity index (χ1n) is 9.97. The van der Waals surface area contributed by atoms with Gasteiger partial charge in [0.1, 0.15) is 5.75 Å². The molecule has 0 saturated carbocycles. The summed E-state index contributed by atoms with van der Waals surface area (Å²) in [5.74, 6) is 1.05. The largest absolute Gasteiger partial charge is 0.497 e. The Bertz CT molecular complexity index is 969. The standard InChI is InChI=1S/C22H26N2O4.H2/c1-12-17-10-24-7-6-15-14-5-4-13(26-2)8-19(14)23-21(15)20(24)9-16(17)18(11-28-12)22(25)27-3;/h4-5,8,11-12,16-17,20,23H,6-7,9-10H2,1-3H3;1H/t12-,16-,17?,20-;/m1./s1. The number of nitrogens with zero attached hydrogens (tertiary/aromatic N) is 1. The van der Waals surface area contributed by atoms with Crippen LogP contribution < -0.4 is 4.74 Å². The fourth-order valence-electron chi connectivity index (χ4n) is 5.35. The summed E-state index contributed by atoms with van der Waals surface area (Å²) in [7, 11) is 3.13. The van der Waals surface area contributed by atoms with Crippen molar-refractivity contribution in [1.29, 1.82) is 0 Å². The van der Waals surface area contributed by atoms with Crippen LogP contribution in [-0.4, -0.2) is 49.3 Å². The van der Waals surface area contributed by atoms with E-state index in [4.69, 9.17) is 14.2 Å². The van der Waals surface area contributed by atoms with E-state index < -0.39 is 0 Å². The number of rotatable bonds is 2. The van der Waals surface area contributed by atoms with Gasteiger partial charge < -0.3 is 19.2 Å². The lowest BCUT2D eigenvalue weighted by Crippen LogP contribution is -2.51. The van der Waals surface area contributed by atoms with E-state index in [0.717, 1.165) is 37.2 Å². The van der Waals surface area contributed by atoms with Crippen LogP contribution in [0.5, 0.6) is 5.75 Å². The van der Waals surface area contributed by atoms with Gasteiger partial charge in [-0.1, -0.05) is 0 Å². The van der Waals surface area contributed by atoms with Gasteiger partial charge in [0.05, 0.1) is 38.2 Å². The van der Waals surface area contributed by atoms with Gasteiger partial charge in [-0.15, -0.1) is 0 Å². The van der Waals surface area contributed by atoms with Gasteiger partial charge in [0.2, 0.25) is 0 Å². The van der Waals surface area contributed by atoms with Crippen LogP contribution in [0.2, 0.25) is 0 Å². The van der Waals surface area contributed by atoms with Gasteiger partial charge in [-0.2, -0.15) is 0 Å². The third-order valence-corrected chi connectivity index (χ3v) is 6.84. The highest BCUT2D eigenvalue weighted by Crippen LogP contribution is 2.47. The number of esters is 1. The molecule has 0 spiro atoms. The number of hydrogen-bond acceptors (Lipinski definition) is 5. The molecule has 1 saturated heterocycles. The lowest BCUT2D eigenvalue weighted by Gasteiger charge is -2.49. The molecule has 6 nitrogen and oxygen atoms in total. The number of benzene rings is 1. The summed E-state index contributed by atoms with van der Waals surface area (Å²) in [6.45, 7) is 4.07. The maximum atomic E-state index is 12.3. The highest BCUT2D eigenvalue weighted by atomic mass is 16.5. The quantitative estimate of drug-likeness (QED) is 0.804. The van der Waals surface area contributed by atoms with Crippen LogP contribution in [-0.2, 0) is 20.7 Å². The van der Waals surface area contributed by atoms with Gasteiger partial charge in [-0.3, -0.25) is 4.90 Å². The second-order valence-electron chi connectivity index (χ2n) is 8.10. The van der Waals surface area contributed by atoms with E-state index in [-0.39, 0.29) is 25.5 Å². The van der Waals surface area contributed by atoms with Crippen molar-refractivity contribution in [2.75, 3.05) is 27.3 Å². The number of carbonyl (C=O) groups is 1. The molecule has 3 aliphatic rings. The molecule has 0 aliphatic carbocycles. The summed E-state index contributed by atoms with van der Waals surface area (Å²) in [5.41, 5.74) is 4.49. The topological polar surface area (TPSA) is 63.8 Å². The van der Waals surface area contributed by atoms with Crippen molar-refractivity contribution in [1.82, 2.24) is 9.88 Å². The number of fused-ring (bicyclic) bond motifs is 6. The summed E-state index contributed by atoms with van der Waals surface area (Å²) in [4.78, 5) is 18.6. The molecule has 1 fully saturated rings. The Hall–Kier alpha value is -2.47. The molecule has 1 aromatic heterocycles. The molecule has 5 rings (SSSR count). The zero-order chi connectivity index (χ0) is 19.4. The third-order valence-electron chi connectivity index (χ3n) is 6.84. The first-order chi connectivity index (χ1) is 13.6. The molecule has 4 atom stereocenters. The lowest BCUT2D eigenvalue weighted by molar-refractivity contribution is -0.139. The van der Waals surface area contributed by atoms with E-state index in [1.54, 1.807) is 13.4 Å². The van der Waals surface area contributed by atoms with Crippen molar-refractivity contribution in [2.45, 2.75) is 31.9 Å². The van der Waals surface area contributed by atoms with Gasteiger partial charge in [-0.25, -0.2) is 4.79 Å². The molecule has 28 heavy (non-hydrogen) atoms. The number of H-pyrrole nitrogens is 1. The van der Waals surface area contributed by atoms with Gasteiger partial charge in [0.25, 0.3) is 0 Å². The van der Waals surface area contributed by atoms with Crippen LogP contribution in [0.4, 0.5) is 0 Å². The predicted molar refractivity (Wildman–Crippen MR) is 107 cm³/mol. The SMILES string of the molecule is COC(=O)C1=CO[C@H](C)C2CN3CCc4c([nH]c5cc(OC)ccc45)[C@H]3C[C@@H]12.[HH]. The van der Waals surface area contributed by atoms with Crippen molar-refractivity contribution in [3.8, 4) is 5.75 Å². The number of aromatic nitrogens is 1. The number of ether oxygens (including phenoxy) is 3. The molecular weight excluding hydrogens is 356 g/mol. The minimum absolute atomic E-state index is 0. The van der Waals surface area contributed by atoms with Crippen LogP contribution >= 0.6 is 0 Å². The van der Waals surface area contributed by atoms with Crippen LogP contribution in [0.3, 0.4) is 0 Å². The smallest absolute Gasteiger partial charge is 0.337 e. The Morgan fingerprint density at radius 3 is 3.00 bits per heavy atom. The number of aromatic amines is 1. The second-order valence-corrected chi connectivity index (χ2v) is 8.10. The van der Waals surface area contributed by atoms with E-state index in [1.807, 2.05) is 6.07 Å². The Morgan fingerprint density at radius 2 is 2.21 bits per heavy atom. The molecule has 4 heterocycles.